The van der Waals surface area contributed by atoms with E-state index >= 15 is 0 Å². The summed E-state index contributed by atoms with van der Waals surface area (Å²) in [6.45, 7) is 0. The van der Waals surface area contributed by atoms with E-state index in [1.807, 2.05) is 0 Å². The van der Waals surface area contributed by atoms with E-state index in [1.165, 1.54) is 6.26 Å². The molecule has 0 fully saturated rings. The van der Waals surface area contributed by atoms with E-state index in [1.54, 1.807) is 12.1 Å². The van der Waals surface area contributed by atoms with E-state index in [0.717, 1.165) is 0 Å². The first-order valence-corrected chi connectivity index (χ1v) is 3.17. The minimum absolute atomic E-state index is 0.202. The van der Waals surface area contributed by atoms with Crippen LogP contribution < -0.4 is 0 Å². The summed E-state index contributed by atoms with van der Waals surface area (Å²) in [6.07, 6.45) is 1.73. The Hall–Kier alpha value is -1.58. The van der Waals surface area contributed by atoms with Crippen molar-refractivity contribution in [2.75, 3.05) is 0 Å². The second kappa shape index (κ2) is 2.23. The third kappa shape index (κ3) is 1.02. The van der Waals surface area contributed by atoms with E-state index in [-0.39, 0.29) is 12.4 Å². The molecule has 0 saturated heterocycles. The standard InChI is InChI=1S/C7H5NO3/c9-7-4-5(8-11-7)6-2-1-3-10-6/h1-3H,4H2. The molecule has 1 aromatic rings. The fourth-order valence-electron chi connectivity index (χ4n) is 0.882. The average molecular weight is 151 g/mol. The summed E-state index contributed by atoms with van der Waals surface area (Å²) in [5.41, 5.74) is 0.556. The molecule has 1 aliphatic heterocycles. The smallest absolute Gasteiger partial charge is 0.341 e. The van der Waals surface area contributed by atoms with Gasteiger partial charge in [-0.15, -0.1) is 0 Å². The summed E-state index contributed by atoms with van der Waals surface area (Å²) in [7, 11) is 0. The number of carbonyl (C=O) groups excluding carboxylic acids is 1. The summed E-state index contributed by atoms with van der Waals surface area (Å²) >= 11 is 0. The Bertz CT molecular complexity index is 299. The largest absolute Gasteiger partial charge is 0.463 e. The van der Waals surface area contributed by atoms with Crippen molar-refractivity contribution in [2.24, 2.45) is 5.16 Å². The molecule has 0 aliphatic carbocycles. The molecule has 0 unspecified atom stereocenters. The molecule has 56 valence electrons. The molecule has 0 saturated carbocycles. The van der Waals surface area contributed by atoms with Gasteiger partial charge in [0.25, 0.3) is 0 Å². The van der Waals surface area contributed by atoms with Gasteiger partial charge in [-0.05, 0) is 12.1 Å². The van der Waals surface area contributed by atoms with Crippen molar-refractivity contribution in [1.82, 2.24) is 0 Å². The lowest BCUT2D eigenvalue weighted by Crippen LogP contribution is -1.98. The Morgan fingerprint density at radius 2 is 2.45 bits per heavy atom. The fourth-order valence-corrected chi connectivity index (χ4v) is 0.882. The molecule has 4 nitrogen and oxygen atoms in total. The highest BCUT2D eigenvalue weighted by Crippen LogP contribution is 2.11. The number of furan rings is 1. The molecule has 0 amide bonds. The van der Waals surface area contributed by atoms with Crippen LogP contribution in [0.5, 0.6) is 0 Å². The molecule has 11 heavy (non-hydrogen) atoms. The summed E-state index contributed by atoms with van der Waals surface area (Å²) in [5, 5.41) is 3.53. The van der Waals surface area contributed by atoms with Crippen molar-refractivity contribution in [3.05, 3.63) is 24.2 Å². The lowest BCUT2D eigenvalue weighted by atomic mass is 10.2. The van der Waals surface area contributed by atoms with Crippen molar-refractivity contribution >= 4 is 11.7 Å². The molecule has 0 atom stereocenters. The van der Waals surface area contributed by atoms with Crippen LogP contribution in [0, 0.1) is 0 Å². The van der Waals surface area contributed by atoms with Gasteiger partial charge >= 0.3 is 5.97 Å². The summed E-state index contributed by atoms with van der Waals surface area (Å²) in [6, 6.07) is 3.47. The second-order valence-corrected chi connectivity index (χ2v) is 2.16. The Labute approximate surface area is 62.4 Å². The van der Waals surface area contributed by atoms with Gasteiger partial charge in [0.1, 0.15) is 5.71 Å². The maximum Gasteiger partial charge on any atom is 0.341 e. The maximum atomic E-state index is 10.6. The van der Waals surface area contributed by atoms with E-state index in [4.69, 9.17) is 4.42 Å². The van der Waals surface area contributed by atoms with Crippen LogP contribution in [-0.4, -0.2) is 11.7 Å². The van der Waals surface area contributed by atoms with Crippen molar-refractivity contribution < 1.29 is 14.0 Å². The van der Waals surface area contributed by atoms with Gasteiger partial charge in [-0.2, -0.15) is 0 Å². The van der Waals surface area contributed by atoms with Crippen LogP contribution in [0.2, 0.25) is 0 Å². The third-order valence-corrected chi connectivity index (χ3v) is 1.38. The van der Waals surface area contributed by atoms with Crippen LogP contribution in [0.15, 0.2) is 28.0 Å². The zero-order valence-corrected chi connectivity index (χ0v) is 5.61. The topological polar surface area (TPSA) is 51.8 Å². The molecule has 4 heteroatoms. The van der Waals surface area contributed by atoms with Gasteiger partial charge in [-0.3, -0.25) is 0 Å². The first-order valence-electron chi connectivity index (χ1n) is 3.17. The molecule has 2 heterocycles. The molecule has 2 rings (SSSR count). The maximum absolute atomic E-state index is 10.6. The second-order valence-electron chi connectivity index (χ2n) is 2.16. The highest BCUT2D eigenvalue weighted by Gasteiger charge is 2.20. The summed E-state index contributed by atoms with van der Waals surface area (Å²) < 4.78 is 5.00. The lowest BCUT2D eigenvalue weighted by Gasteiger charge is -1.85. The number of rotatable bonds is 1. The van der Waals surface area contributed by atoms with E-state index in [2.05, 4.69) is 9.99 Å². The Morgan fingerprint density at radius 1 is 1.55 bits per heavy atom. The predicted octanol–water partition coefficient (Wildman–Crippen LogP) is 0.931. The molecule has 0 radical (unpaired) electrons. The molecule has 1 aromatic heterocycles. The zero-order valence-electron chi connectivity index (χ0n) is 5.61. The summed E-state index contributed by atoms with van der Waals surface area (Å²) in [5.74, 6) is 0.257. The van der Waals surface area contributed by atoms with E-state index in [9.17, 15) is 4.79 Å². The number of nitrogens with zero attached hydrogens (tertiary/aromatic N) is 1. The fraction of sp³-hybridized carbons (Fsp3) is 0.143. The van der Waals surface area contributed by atoms with Gasteiger partial charge in [0, 0.05) is 0 Å². The van der Waals surface area contributed by atoms with Gasteiger partial charge in [0.05, 0.1) is 12.7 Å². The van der Waals surface area contributed by atoms with Gasteiger partial charge in [0.15, 0.2) is 5.76 Å². The van der Waals surface area contributed by atoms with Crippen molar-refractivity contribution in [2.45, 2.75) is 6.42 Å². The van der Waals surface area contributed by atoms with Crippen LogP contribution in [0.3, 0.4) is 0 Å². The van der Waals surface area contributed by atoms with E-state index in [0.29, 0.717) is 11.5 Å². The first-order chi connectivity index (χ1) is 5.36. The first kappa shape index (κ1) is 6.15. The highest BCUT2D eigenvalue weighted by molar-refractivity contribution is 6.09. The molecular weight excluding hydrogens is 146 g/mol. The van der Waals surface area contributed by atoms with Gasteiger partial charge in [-0.1, -0.05) is 5.16 Å². The number of carbonyl (C=O) groups is 1. The Kier molecular flexibility index (Phi) is 1.25. The zero-order chi connectivity index (χ0) is 7.68. The quantitative estimate of drug-likeness (QED) is 0.561. The normalized spacial score (nSPS) is 16.4. The number of oxime groups is 1. The monoisotopic (exact) mass is 151 g/mol. The predicted molar refractivity (Wildman–Crippen MR) is 36.0 cm³/mol. The minimum Gasteiger partial charge on any atom is -0.463 e. The molecule has 1 aliphatic rings. The van der Waals surface area contributed by atoms with E-state index < -0.39 is 0 Å². The van der Waals surface area contributed by atoms with Gasteiger partial charge in [-0.25, -0.2) is 4.79 Å². The average Bonchev–Trinajstić information content (AvgIpc) is 2.55. The lowest BCUT2D eigenvalue weighted by molar-refractivity contribution is -0.140. The van der Waals surface area contributed by atoms with Crippen LogP contribution in [0.25, 0.3) is 0 Å². The van der Waals surface area contributed by atoms with Gasteiger partial charge < -0.3 is 9.25 Å². The van der Waals surface area contributed by atoms with Crippen LogP contribution in [0.1, 0.15) is 12.2 Å². The summed E-state index contributed by atoms with van der Waals surface area (Å²) in [4.78, 5) is 14.9. The van der Waals surface area contributed by atoms with Crippen LogP contribution >= 0.6 is 0 Å². The molecule has 0 N–H and O–H groups in total. The van der Waals surface area contributed by atoms with Crippen LogP contribution in [0.4, 0.5) is 0 Å². The van der Waals surface area contributed by atoms with Crippen molar-refractivity contribution in [3.63, 3.8) is 0 Å². The third-order valence-electron chi connectivity index (χ3n) is 1.38. The molecular formula is C7H5NO3. The Balaban J connectivity index is 2.26. The van der Waals surface area contributed by atoms with Crippen LogP contribution in [-0.2, 0) is 9.63 Å². The van der Waals surface area contributed by atoms with Crippen molar-refractivity contribution in [1.29, 1.82) is 0 Å². The Morgan fingerprint density at radius 3 is 3.00 bits per heavy atom. The van der Waals surface area contributed by atoms with Crippen molar-refractivity contribution in [3.8, 4) is 0 Å². The molecule has 0 bridgehead atoms. The number of hydrogen-bond donors (Lipinski definition) is 0. The SMILES string of the molecule is O=C1CC(c2ccco2)=NO1. The van der Waals surface area contributed by atoms with Gasteiger partial charge in [0.2, 0.25) is 0 Å². The molecule has 0 spiro atoms. The number of hydrogen-bond acceptors (Lipinski definition) is 4. The minimum atomic E-state index is -0.337. The molecule has 0 aromatic carbocycles. The highest BCUT2D eigenvalue weighted by atomic mass is 16.7.